The van der Waals surface area contributed by atoms with Gasteiger partial charge in [-0.05, 0) is 6.42 Å². The van der Waals surface area contributed by atoms with E-state index in [0.29, 0.717) is 17.6 Å². The van der Waals surface area contributed by atoms with Crippen LogP contribution < -0.4 is 0 Å². The molecule has 174 valence electrons. The third kappa shape index (κ3) is 20.5. The number of phosphoric ester groups is 1. The molecule has 0 amide bonds. The van der Waals surface area contributed by atoms with Gasteiger partial charge in [-0.2, -0.15) is 0 Å². The molecule has 0 aromatic rings. The minimum Gasteiger partial charge on any atom is -0.458 e. The van der Waals surface area contributed by atoms with Crippen molar-refractivity contribution in [3.63, 3.8) is 0 Å². The van der Waals surface area contributed by atoms with Crippen molar-refractivity contribution in [2.45, 2.75) is 71.3 Å². The number of phosphoric acid groups is 1. The molecule has 0 bridgehead atoms. The number of likely N-dealkylation sites (N-methyl/N-ethyl adjacent to an activating group) is 1. The largest absolute Gasteiger partial charge is 0.472 e. The summed E-state index contributed by atoms with van der Waals surface area (Å²) < 4.78 is 33.2. The molecule has 0 heterocycles. The second-order valence-corrected chi connectivity index (χ2v) is 9.85. The molecule has 0 rings (SSSR count). The third-order valence-electron chi connectivity index (χ3n) is 4.22. The first-order chi connectivity index (χ1) is 13.6. The lowest BCUT2D eigenvalue weighted by atomic mass is 10.1. The van der Waals surface area contributed by atoms with Gasteiger partial charge >= 0.3 is 13.8 Å². The molecular formula is C20H43NO7P+. The highest BCUT2D eigenvalue weighted by Crippen LogP contribution is 2.43. The van der Waals surface area contributed by atoms with Crippen LogP contribution >= 0.6 is 7.82 Å². The predicted molar refractivity (Wildman–Crippen MR) is 114 cm³/mol. The Labute approximate surface area is 177 Å². The van der Waals surface area contributed by atoms with Crippen molar-refractivity contribution in [1.29, 1.82) is 0 Å². The molecule has 0 saturated heterocycles. The van der Waals surface area contributed by atoms with E-state index in [0.717, 1.165) is 12.8 Å². The highest BCUT2D eigenvalue weighted by Gasteiger charge is 2.25. The Morgan fingerprint density at radius 2 is 1.52 bits per heavy atom. The number of esters is 1. The van der Waals surface area contributed by atoms with E-state index in [4.69, 9.17) is 18.5 Å². The van der Waals surface area contributed by atoms with Gasteiger partial charge in [0.2, 0.25) is 0 Å². The molecule has 9 heteroatoms. The number of quaternary nitrogens is 1. The summed E-state index contributed by atoms with van der Waals surface area (Å²) in [6.07, 6.45) is 8.92. The van der Waals surface area contributed by atoms with E-state index in [-0.39, 0.29) is 19.8 Å². The monoisotopic (exact) mass is 440 g/mol. The predicted octanol–water partition coefficient (Wildman–Crippen LogP) is 3.92. The van der Waals surface area contributed by atoms with E-state index in [2.05, 4.69) is 6.92 Å². The fourth-order valence-electron chi connectivity index (χ4n) is 2.55. The van der Waals surface area contributed by atoms with Crippen molar-refractivity contribution in [1.82, 2.24) is 0 Å². The Morgan fingerprint density at radius 3 is 2.07 bits per heavy atom. The van der Waals surface area contributed by atoms with Crippen LogP contribution in [0.3, 0.4) is 0 Å². The van der Waals surface area contributed by atoms with Gasteiger partial charge in [-0.1, -0.05) is 51.9 Å². The van der Waals surface area contributed by atoms with Gasteiger partial charge in [0.15, 0.2) is 0 Å². The number of carbonyl (C=O) groups is 1. The van der Waals surface area contributed by atoms with Gasteiger partial charge in [0.25, 0.3) is 0 Å². The summed E-state index contributed by atoms with van der Waals surface area (Å²) in [5, 5.41) is 0. The van der Waals surface area contributed by atoms with Gasteiger partial charge in [-0.3, -0.25) is 13.8 Å². The minimum atomic E-state index is -4.20. The second kappa shape index (κ2) is 16.2. The molecule has 0 fully saturated rings. The van der Waals surface area contributed by atoms with E-state index in [9.17, 15) is 14.3 Å². The van der Waals surface area contributed by atoms with Crippen LogP contribution in [0.25, 0.3) is 0 Å². The summed E-state index contributed by atoms with van der Waals surface area (Å²) in [5.74, 6) is -0.493. The van der Waals surface area contributed by atoms with Gasteiger partial charge in [0, 0.05) is 13.5 Å². The quantitative estimate of drug-likeness (QED) is 0.141. The molecule has 0 aliphatic carbocycles. The first-order valence-electron chi connectivity index (χ1n) is 10.7. The van der Waals surface area contributed by atoms with Crippen molar-refractivity contribution >= 4 is 13.8 Å². The number of hydrogen-bond donors (Lipinski definition) is 1. The smallest absolute Gasteiger partial charge is 0.458 e. The molecule has 0 aliphatic heterocycles. The van der Waals surface area contributed by atoms with E-state index in [1.165, 1.54) is 45.4 Å². The normalized spacial score (nSPS) is 15.1. The Kier molecular flexibility index (Phi) is 15.9. The van der Waals surface area contributed by atoms with Crippen LogP contribution in [-0.2, 0) is 27.9 Å². The zero-order valence-corrected chi connectivity index (χ0v) is 20.0. The molecule has 0 radical (unpaired) electrons. The number of unbranched alkanes of at least 4 members (excludes halogenated alkanes) is 7. The lowest BCUT2D eigenvalue weighted by Crippen LogP contribution is -2.37. The van der Waals surface area contributed by atoms with Crippen LogP contribution in [0.5, 0.6) is 0 Å². The molecular weight excluding hydrogens is 397 g/mol. The zero-order chi connectivity index (χ0) is 22.2. The van der Waals surface area contributed by atoms with Gasteiger partial charge < -0.3 is 18.9 Å². The van der Waals surface area contributed by atoms with Gasteiger partial charge in [0.05, 0.1) is 34.4 Å². The summed E-state index contributed by atoms with van der Waals surface area (Å²) in [7, 11) is 1.66. The van der Waals surface area contributed by atoms with E-state index in [1.807, 2.05) is 21.1 Å². The van der Waals surface area contributed by atoms with Crippen molar-refractivity contribution in [2.75, 3.05) is 54.1 Å². The SMILES string of the molecule is CCCCCCCCCCOC[C@H](COP(=O)(O)OCC[N+](C)(C)C)OC(C)=O. The van der Waals surface area contributed by atoms with Crippen molar-refractivity contribution < 1.29 is 37.3 Å². The minimum absolute atomic E-state index is 0.0878. The molecule has 2 atom stereocenters. The summed E-state index contributed by atoms with van der Waals surface area (Å²) >= 11 is 0. The maximum atomic E-state index is 12.0. The summed E-state index contributed by atoms with van der Waals surface area (Å²) in [6.45, 7) is 4.56. The van der Waals surface area contributed by atoms with Crippen molar-refractivity contribution in [3.05, 3.63) is 0 Å². The summed E-state index contributed by atoms with van der Waals surface area (Å²) in [5.41, 5.74) is 0. The number of carbonyl (C=O) groups excluding carboxylic acids is 1. The first kappa shape index (κ1) is 28.5. The number of nitrogens with zero attached hydrogens (tertiary/aromatic N) is 1. The van der Waals surface area contributed by atoms with E-state index in [1.54, 1.807) is 0 Å². The molecule has 1 N–H and O–H groups in total. The molecule has 0 aliphatic rings. The average Bonchev–Trinajstić information content (AvgIpc) is 2.59. The average molecular weight is 441 g/mol. The highest BCUT2D eigenvalue weighted by molar-refractivity contribution is 7.47. The van der Waals surface area contributed by atoms with Crippen molar-refractivity contribution in [2.24, 2.45) is 0 Å². The Balaban J connectivity index is 4.02. The van der Waals surface area contributed by atoms with Gasteiger partial charge in [0.1, 0.15) is 19.3 Å². The fourth-order valence-corrected chi connectivity index (χ4v) is 3.29. The van der Waals surface area contributed by atoms with Crippen LogP contribution in [-0.4, -0.2) is 75.6 Å². The van der Waals surface area contributed by atoms with Crippen LogP contribution in [0.1, 0.15) is 65.2 Å². The van der Waals surface area contributed by atoms with Crippen LogP contribution in [0, 0.1) is 0 Å². The number of ether oxygens (including phenoxy) is 2. The van der Waals surface area contributed by atoms with Crippen molar-refractivity contribution in [3.8, 4) is 0 Å². The topological polar surface area (TPSA) is 91.3 Å². The zero-order valence-electron chi connectivity index (χ0n) is 19.1. The number of rotatable bonds is 19. The van der Waals surface area contributed by atoms with E-state index >= 15 is 0 Å². The maximum Gasteiger partial charge on any atom is 0.472 e. The Morgan fingerprint density at radius 1 is 0.931 bits per heavy atom. The second-order valence-electron chi connectivity index (χ2n) is 8.39. The Bertz CT molecular complexity index is 468. The molecule has 0 aromatic heterocycles. The lowest BCUT2D eigenvalue weighted by Gasteiger charge is -2.24. The molecule has 29 heavy (non-hydrogen) atoms. The van der Waals surface area contributed by atoms with Crippen LogP contribution in [0.4, 0.5) is 0 Å². The maximum absolute atomic E-state index is 12.0. The molecule has 0 spiro atoms. The standard InChI is InChI=1S/C20H42NO7P/c1-6-7-8-9-10-11-12-13-15-25-17-20(28-19(2)22)18-27-29(23,24)26-16-14-21(3,4)5/h20H,6-18H2,1-5H3/p+1/t20-/m1/s1. The fraction of sp³-hybridized carbons (Fsp3) is 0.950. The first-order valence-corrected chi connectivity index (χ1v) is 12.2. The Hall–Kier alpha value is -0.500. The highest BCUT2D eigenvalue weighted by atomic mass is 31.2. The van der Waals surface area contributed by atoms with Gasteiger partial charge in [-0.15, -0.1) is 0 Å². The third-order valence-corrected chi connectivity index (χ3v) is 5.20. The van der Waals surface area contributed by atoms with E-state index < -0.39 is 19.9 Å². The van der Waals surface area contributed by atoms with Crippen LogP contribution in [0.15, 0.2) is 0 Å². The van der Waals surface area contributed by atoms with Crippen LogP contribution in [0.2, 0.25) is 0 Å². The molecule has 1 unspecified atom stereocenters. The summed E-state index contributed by atoms with van der Waals surface area (Å²) in [6, 6.07) is 0. The summed E-state index contributed by atoms with van der Waals surface area (Å²) in [4.78, 5) is 21.0. The lowest BCUT2D eigenvalue weighted by molar-refractivity contribution is -0.870. The molecule has 0 saturated carbocycles. The molecule has 0 aromatic carbocycles. The van der Waals surface area contributed by atoms with Gasteiger partial charge in [-0.25, -0.2) is 4.57 Å². The molecule has 8 nitrogen and oxygen atoms in total. The number of hydrogen-bond acceptors (Lipinski definition) is 6.